The molecule has 4 aromatic carbocycles. The molecule has 1 N–H and O–H groups in total. The van der Waals surface area contributed by atoms with Crippen LogP contribution in [-0.2, 0) is 0 Å². The zero-order chi connectivity index (χ0) is 18.8. The highest BCUT2D eigenvalue weighted by atomic mass is 19.1. The first-order chi connectivity index (χ1) is 13.1. The summed E-state index contributed by atoms with van der Waals surface area (Å²) < 4.78 is 29.2. The second-order valence-electron chi connectivity index (χ2n) is 6.30. The predicted octanol–water partition coefficient (Wildman–Crippen LogP) is 6.67. The SMILES string of the molecule is Oc1ccc(-c2ccc(-c3ccc(-c4ccccc4)c(F)c3)cc2F)cc1. The molecule has 0 fully saturated rings. The molecule has 0 aliphatic carbocycles. The van der Waals surface area contributed by atoms with Crippen LogP contribution in [0.2, 0.25) is 0 Å². The molecule has 0 amide bonds. The lowest BCUT2D eigenvalue weighted by Gasteiger charge is -2.09. The smallest absolute Gasteiger partial charge is 0.131 e. The Balaban J connectivity index is 1.69. The van der Waals surface area contributed by atoms with E-state index >= 15 is 0 Å². The first-order valence-corrected chi connectivity index (χ1v) is 8.56. The topological polar surface area (TPSA) is 20.2 Å². The number of hydrogen-bond acceptors (Lipinski definition) is 1. The second-order valence-corrected chi connectivity index (χ2v) is 6.30. The van der Waals surface area contributed by atoms with Crippen molar-refractivity contribution in [2.75, 3.05) is 0 Å². The molecule has 4 aromatic rings. The van der Waals surface area contributed by atoms with E-state index in [2.05, 4.69) is 0 Å². The molecule has 0 spiro atoms. The van der Waals surface area contributed by atoms with Crippen molar-refractivity contribution < 1.29 is 13.9 Å². The third-order valence-corrected chi connectivity index (χ3v) is 4.53. The van der Waals surface area contributed by atoms with Crippen LogP contribution in [0, 0.1) is 11.6 Å². The Morgan fingerprint density at radius 3 is 1.41 bits per heavy atom. The van der Waals surface area contributed by atoms with Gasteiger partial charge in [0.25, 0.3) is 0 Å². The Morgan fingerprint density at radius 2 is 0.926 bits per heavy atom. The largest absolute Gasteiger partial charge is 0.508 e. The zero-order valence-electron chi connectivity index (χ0n) is 14.4. The van der Waals surface area contributed by atoms with E-state index in [1.165, 1.54) is 24.3 Å². The third-order valence-electron chi connectivity index (χ3n) is 4.53. The Morgan fingerprint density at radius 1 is 0.481 bits per heavy atom. The Hall–Kier alpha value is -3.46. The van der Waals surface area contributed by atoms with Crippen LogP contribution in [0.15, 0.2) is 91.0 Å². The van der Waals surface area contributed by atoms with Crippen molar-refractivity contribution in [1.29, 1.82) is 0 Å². The quantitative estimate of drug-likeness (QED) is 0.433. The van der Waals surface area contributed by atoms with Crippen LogP contribution in [0.5, 0.6) is 5.75 Å². The average Bonchev–Trinajstić information content (AvgIpc) is 2.69. The molecule has 0 saturated heterocycles. The highest BCUT2D eigenvalue weighted by Crippen LogP contribution is 2.31. The fraction of sp³-hybridized carbons (Fsp3) is 0. The summed E-state index contributed by atoms with van der Waals surface area (Å²) in [5, 5.41) is 9.37. The molecular weight excluding hydrogens is 342 g/mol. The van der Waals surface area contributed by atoms with Crippen molar-refractivity contribution in [3.63, 3.8) is 0 Å². The summed E-state index contributed by atoms with van der Waals surface area (Å²) >= 11 is 0. The van der Waals surface area contributed by atoms with Gasteiger partial charge < -0.3 is 5.11 Å². The van der Waals surface area contributed by atoms with Crippen molar-refractivity contribution in [3.05, 3.63) is 103 Å². The van der Waals surface area contributed by atoms with E-state index in [4.69, 9.17) is 0 Å². The van der Waals surface area contributed by atoms with Gasteiger partial charge in [0.15, 0.2) is 0 Å². The van der Waals surface area contributed by atoms with Gasteiger partial charge in [-0.15, -0.1) is 0 Å². The van der Waals surface area contributed by atoms with E-state index in [0.717, 1.165) is 5.56 Å². The van der Waals surface area contributed by atoms with Gasteiger partial charge in [0.2, 0.25) is 0 Å². The Bertz CT molecular complexity index is 1090. The third kappa shape index (κ3) is 3.44. The van der Waals surface area contributed by atoms with Crippen LogP contribution in [0.3, 0.4) is 0 Å². The molecule has 0 aromatic heterocycles. The molecule has 0 heterocycles. The lowest BCUT2D eigenvalue weighted by atomic mass is 9.97. The minimum atomic E-state index is -0.397. The van der Waals surface area contributed by atoms with E-state index in [0.29, 0.717) is 27.8 Å². The number of aromatic hydroxyl groups is 1. The maximum absolute atomic E-state index is 14.6. The normalized spacial score (nSPS) is 10.7. The van der Waals surface area contributed by atoms with E-state index < -0.39 is 5.82 Å². The summed E-state index contributed by atoms with van der Waals surface area (Å²) in [5.41, 5.74) is 3.63. The number of benzene rings is 4. The van der Waals surface area contributed by atoms with E-state index in [9.17, 15) is 13.9 Å². The van der Waals surface area contributed by atoms with Gasteiger partial charge in [0.05, 0.1) is 0 Å². The van der Waals surface area contributed by atoms with E-state index in [-0.39, 0.29) is 11.6 Å². The molecule has 0 atom stereocenters. The first kappa shape index (κ1) is 17.0. The summed E-state index contributed by atoms with van der Waals surface area (Å²) in [6.07, 6.45) is 0. The predicted molar refractivity (Wildman–Crippen MR) is 104 cm³/mol. The number of phenols is 1. The number of halogens is 2. The van der Waals surface area contributed by atoms with Crippen LogP contribution in [0.1, 0.15) is 0 Å². The molecule has 1 nitrogen and oxygen atoms in total. The molecule has 27 heavy (non-hydrogen) atoms. The van der Waals surface area contributed by atoms with Crippen molar-refractivity contribution in [2.24, 2.45) is 0 Å². The molecule has 0 aliphatic rings. The van der Waals surface area contributed by atoms with Gasteiger partial charge in [-0.3, -0.25) is 0 Å². The van der Waals surface area contributed by atoms with Gasteiger partial charge in [-0.2, -0.15) is 0 Å². The van der Waals surface area contributed by atoms with Gasteiger partial charge in [0, 0.05) is 11.1 Å². The maximum Gasteiger partial charge on any atom is 0.131 e. The summed E-state index contributed by atoms with van der Waals surface area (Å²) in [4.78, 5) is 0. The van der Waals surface area contributed by atoms with Gasteiger partial charge in [-0.05, 0) is 46.5 Å². The molecule has 0 radical (unpaired) electrons. The second kappa shape index (κ2) is 7.04. The molecular formula is C24H16F2O. The number of rotatable bonds is 3. The standard InChI is InChI=1S/C24H16F2O/c25-23-14-18(8-12-21(23)16-4-2-1-3-5-16)19-9-13-22(24(26)15-19)17-6-10-20(27)11-7-17/h1-15,27H. The van der Waals surface area contributed by atoms with E-state index in [1.807, 2.05) is 30.3 Å². The monoisotopic (exact) mass is 358 g/mol. The minimum absolute atomic E-state index is 0.129. The fourth-order valence-electron chi connectivity index (χ4n) is 3.12. The maximum atomic E-state index is 14.6. The Kier molecular flexibility index (Phi) is 4.43. The zero-order valence-corrected chi connectivity index (χ0v) is 14.4. The van der Waals surface area contributed by atoms with Crippen LogP contribution in [0.4, 0.5) is 8.78 Å². The summed E-state index contributed by atoms with van der Waals surface area (Å²) in [7, 11) is 0. The van der Waals surface area contributed by atoms with Crippen molar-refractivity contribution in [3.8, 4) is 39.1 Å². The van der Waals surface area contributed by atoms with Crippen LogP contribution in [0.25, 0.3) is 33.4 Å². The Labute approximate surface area is 156 Å². The van der Waals surface area contributed by atoms with Crippen LogP contribution < -0.4 is 0 Å². The first-order valence-electron chi connectivity index (χ1n) is 8.56. The lowest BCUT2D eigenvalue weighted by molar-refractivity contribution is 0.475. The number of phenolic OH excluding ortho intramolecular Hbond substituents is 1. The molecule has 0 aliphatic heterocycles. The van der Waals surface area contributed by atoms with Crippen molar-refractivity contribution in [1.82, 2.24) is 0 Å². The van der Waals surface area contributed by atoms with Crippen LogP contribution in [-0.4, -0.2) is 5.11 Å². The molecule has 0 saturated carbocycles. The molecule has 4 rings (SSSR count). The van der Waals surface area contributed by atoms with Crippen molar-refractivity contribution in [2.45, 2.75) is 0 Å². The van der Waals surface area contributed by atoms with Gasteiger partial charge in [0.1, 0.15) is 17.4 Å². The number of hydrogen-bond donors (Lipinski definition) is 1. The molecule has 0 unspecified atom stereocenters. The van der Waals surface area contributed by atoms with E-state index in [1.54, 1.807) is 36.4 Å². The van der Waals surface area contributed by atoms with Crippen molar-refractivity contribution >= 4 is 0 Å². The van der Waals surface area contributed by atoms with Gasteiger partial charge in [-0.1, -0.05) is 66.7 Å². The highest BCUT2D eigenvalue weighted by Gasteiger charge is 2.10. The molecule has 132 valence electrons. The van der Waals surface area contributed by atoms with Gasteiger partial charge in [-0.25, -0.2) is 8.78 Å². The summed E-state index contributed by atoms with van der Waals surface area (Å²) in [5.74, 6) is -0.614. The minimum Gasteiger partial charge on any atom is -0.508 e. The summed E-state index contributed by atoms with van der Waals surface area (Å²) in [6, 6.07) is 25.4. The van der Waals surface area contributed by atoms with Crippen LogP contribution >= 0.6 is 0 Å². The highest BCUT2D eigenvalue weighted by molar-refractivity contribution is 5.74. The fourth-order valence-corrected chi connectivity index (χ4v) is 3.12. The molecule has 3 heteroatoms. The van der Waals surface area contributed by atoms with Gasteiger partial charge >= 0.3 is 0 Å². The molecule has 0 bridgehead atoms. The summed E-state index contributed by atoms with van der Waals surface area (Å²) in [6.45, 7) is 0. The lowest BCUT2D eigenvalue weighted by Crippen LogP contribution is -1.89. The average molecular weight is 358 g/mol.